The van der Waals surface area contributed by atoms with Gasteiger partial charge in [0.05, 0.1) is 11.6 Å². The van der Waals surface area contributed by atoms with Gasteiger partial charge in [-0.15, -0.1) is 0 Å². The van der Waals surface area contributed by atoms with E-state index in [-0.39, 0.29) is 25.0 Å². The number of nitrogens with one attached hydrogen (secondary N) is 1. The molecule has 6 nitrogen and oxygen atoms in total. The zero-order valence-corrected chi connectivity index (χ0v) is 20.4. The minimum absolute atomic E-state index is 0.173. The van der Waals surface area contributed by atoms with E-state index in [0.717, 1.165) is 10.0 Å². The number of rotatable bonds is 10. The van der Waals surface area contributed by atoms with Crippen LogP contribution in [0.3, 0.4) is 0 Å². The summed E-state index contributed by atoms with van der Waals surface area (Å²) in [6.45, 7) is 8.39. The van der Waals surface area contributed by atoms with E-state index in [9.17, 15) is 9.59 Å². The van der Waals surface area contributed by atoms with Crippen LogP contribution in [0.25, 0.3) is 0 Å². The molecule has 0 unspecified atom stereocenters. The molecule has 0 aliphatic carbocycles. The van der Waals surface area contributed by atoms with E-state index >= 15 is 0 Å². The van der Waals surface area contributed by atoms with Crippen molar-refractivity contribution in [2.45, 2.75) is 46.2 Å². The molecule has 0 aromatic heterocycles. The van der Waals surface area contributed by atoms with Gasteiger partial charge in [-0.25, -0.2) is 0 Å². The highest BCUT2D eigenvalue weighted by Gasteiger charge is 2.26. The summed E-state index contributed by atoms with van der Waals surface area (Å²) < 4.78 is 11.9. The largest absolute Gasteiger partial charge is 0.497 e. The smallest absolute Gasteiger partial charge is 0.261 e. The predicted molar refractivity (Wildman–Crippen MR) is 125 cm³/mol. The summed E-state index contributed by atoms with van der Waals surface area (Å²) in [6.07, 6.45) is 0. The molecule has 0 spiro atoms. The zero-order chi connectivity index (χ0) is 23.0. The lowest BCUT2D eigenvalue weighted by atomic mass is 10.0. The number of ether oxygens (including phenoxy) is 2. The van der Waals surface area contributed by atoms with Crippen LogP contribution in [-0.2, 0) is 16.1 Å². The van der Waals surface area contributed by atoms with Crippen molar-refractivity contribution in [2.24, 2.45) is 0 Å². The Kier molecular flexibility index (Phi) is 9.37. The fourth-order valence-corrected chi connectivity index (χ4v) is 3.60. The van der Waals surface area contributed by atoms with E-state index in [1.54, 1.807) is 14.0 Å². The van der Waals surface area contributed by atoms with Crippen molar-refractivity contribution in [3.63, 3.8) is 0 Å². The number of hydrogen-bond acceptors (Lipinski definition) is 4. The summed E-state index contributed by atoms with van der Waals surface area (Å²) in [7, 11) is 1.59. The summed E-state index contributed by atoms with van der Waals surface area (Å²) in [6, 6.07) is 12.6. The second kappa shape index (κ2) is 11.7. The summed E-state index contributed by atoms with van der Waals surface area (Å²) in [5, 5.41) is 2.78. The Hall–Kier alpha value is -2.54. The first-order valence-electron chi connectivity index (χ1n) is 10.4. The third-order valence-electron chi connectivity index (χ3n) is 4.98. The average molecular weight is 491 g/mol. The van der Waals surface area contributed by atoms with Crippen molar-refractivity contribution in [2.75, 3.05) is 20.3 Å². The van der Waals surface area contributed by atoms with Crippen LogP contribution in [-0.4, -0.2) is 43.0 Å². The lowest BCUT2D eigenvalue weighted by Gasteiger charge is -2.28. The van der Waals surface area contributed by atoms with Crippen molar-refractivity contribution in [3.05, 3.63) is 58.1 Å². The van der Waals surface area contributed by atoms with Gasteiger partial charge in [-0.05, 0) is 71.1 Å². The number of halogens is 1. The highest BCUT2D eigenvalue weighted by molar-refractivity contribution is 9.10. The minimum atomic E-state index is -0.644. The number of benzene rings is 2. The van der Waals surface area contributed by atoms with Gasteiger partial charge < -0.3 is 19.7 Å². The molecule has 0 saturated heterocycles. The maximum absolute atomic E-state index is 13.1. The summed E-state index contributed by atoms with van der Waals surface area (Å²) in [5.41, 5.74) is 2.04. The van der Waals surface area contributed by atoms with E-state index in [1.807, 2.05) is 49.4 Å². The predicted octanol–water partition coefficient (Wildman–Crippen LogP) is 4.51. The second-order valence-electron chi connectivity index (χ2n) is 7.58. The van der Waals surface area contributed by atoms with Gasteiger partial charge in [-0.1, -0.05) is 32.0 Å². The van der Waals surface area contributed by atoms with Gasteiger partial charge in [0.15, 0.2) is 6.61 Å². The Morgan fingerprint density at radius 1 is 1.13 bits per heavy atom. The van der Waals surface area contributed by atoms with Gasteiger partial charge in [0, 0.05) is 13.1 Å². The number of hydrogen-bond donors (Lipinski definition) is 1. The van der Waals surface area contributed by atoms with Crippen LogP contribution in [0.5, 0.6) is 11.5 Å². The fraction of sp³-hybridized carbons (Fsp3) is 0.417. The number of nitrogens with zero attached hydrogens (tertiary/aromatic N) is 1. The van der Waals surface area contributed by atoms with E-state index in [0.29, 0.717) is 24.0 Å². The average Bonchev–Trinajstić information content (AvgIpc) is 2.76. The van der Waals surface area contributed by atoms with Crippen LogP contribution in [0.15, 0.2) is 46.9 Å². The maximum Gasteiger partial charge on any atom is 0.261 e. The Bertz CT molecular complexity index is 901. The summed E-state index contributed by atoms with van der Waals surface area (Å²) >= 11 is 3.52. The molecule has 31 heavy (non-hydrogen) atoms. The molecule has 0 saturated carbocycles. The molecule has 168 valence electrons. The molecule has 0 bridgehead atoms. The van der Waals surface area contributed by atoms with Crippen LogP contribution >= 0.6 is 15.9 Å². The molecule has 2 rings (SSSR count). The Morgan fingerprint density at radius 3 is 2.48 bits per heavy atom. The Labute approximate surface area is 193 Å². The molecule has 7 heteroatoms. The number of amides is 2. The molecule has 2 aromatic carbocycles. The van der Waals surface area contributed by atoms with Gasteiger partial charge in [0.25, 0.3) is 5.91 Å². The standard InChI is InChI=1S/C24H31BrN2O4/c1-6-26-24(29)17(4)27(14-18-8-7-9-20(12-18)30-5)23(28)15-31-22-11-10-19(16(2)3)13-21(22)25/h7-13,16-17H,6,14-15H2,1-5H3,(H,26,29)/t17-/m0/s1. The summed E-state index contributed by atoms with van der Waals surface area (Å²) in [4.78, 5) is 27.1. The first-order valence-corrected chi connectivity index (χ1v) is 11.2. The molecule has 0 radical (unpaired) electrons. The fourth-order valence-electron chi connectivity index (χ4n) is 3.09. The normalized spacial score (nSPS) is 11.7. The van der Waals surface area contributed by atoms with Gasteiger partial charge in [0.2, 0.25) is 5.91 Å². The maximum atomic E-state index is 13.1. The molecule has 2 aromatic rings. The number of likely N-dealkylation sites (N-methyl/N-ethyl adjacent to an activating group) is 1. The van der Waals surface area contributed by atoms with Crippen molar-refractivity contribution in [1.82, 2.24) is 10.2 Å². The van der Waals surface area contributed by atoms with Crippen LogP contribution in [0.4, 0.5) is 0 Å². The molecule has 1 N–H and O–H groups in total. The molecule has 1 atom stereocenters. The molecule has 2 amide bonds. The van der Waals surface area contributed by atoms with E-state index in [1.165, 1.54) is 10.5 Å². The lowest BCUT2D eigenvalue weighted by Crippen LogP contribution is -2.49. The molecule has 0 heterocycles. The monoisotopic (exact) mass is 490 g/mol. The third-order valence-corrected chi connectivity index (χ3v) is 5.60. The highest BCUT2D eigenvalue weighted by atomic mass is 79.9. The molecule has 0 fully saturated rings. The Morgan fingerprint density at radius 2 is 1.87 bits per heavy atom. The van der Waals surface area contributed by atoms with Crippen LogP contribution < -0.4 is 14.8 Å². The first kappa shape index (κ1) is 24.7. The lowest BCUT2D eigenvalue weighted by molar-refractivity contribution is -0.142. The number of methoxy groups -OCH3 is 1. The summed E-state index contributed by atoms with van der Waals surface area (Å²) in [5.74, 6) is 1.19. The molecule has 0 aliphatic heterocycles. The highest BCUT2D eigenvalue weighted by Crippen LogP contribution is 2.29. The van der Waals surface area contributed by atoms with Crippen LogP contribution in [0, 0.1) is 0 Å². The van der Waals surface area contributed by atoms with Gasteiger partial charge in [0.1, 0.15) is 17.5 Å². The van der Waals surface area contributed by atoms with Crippen molar-refractivity contribution in [3.8, 4) is 11.5 Å². The topological polar surface area (TPSA) is 67.9 Å². The second-order valence-corrected chi connectivity index (χ2v) is 8.43. The van der Waals surface area contributed by atoms with Crippen molar-refractivity contribution in [1.29, 1.82) is 0 Å². The molecular weight excluding hydrogens is 460 g/mol. The Balaban J connectivity index is 2.18. The first-order chi connectivity index (χ1) is 14.8. The van der Waals surface area contributed by atoms with Crippen molar-refractivity contribution < 1.29 is 19.1 Å². The quantitative estimate of drug-likeness (QED) is 0.531. The van der Waals surface area contributed by atoms with Crippen molar-refractivity contribution >= 4 is 27.7 Å². The third kappa shape index (κ3) is 6.99. The minimum Gasteiger partial charge on any atom is -0.497 e. The molecule has 0 aliphatic rings. The van der Waals surface area contributed by atoms with E-state index in [4.69, 9.17) is 9.47 Å². The van der Waals surface area contributed by atoms with Gasteiger partial charge in [-0.2, -0.15) is 0 Å². The van der Waals surface area contributed by atoms with E-state index < -0.39 is 6.04 Å². The SMILES string of the molecule is CCNC(=O)[C@H](C)N(Cc1cccc(OC)c1)C(=O)COc1ccc(C(C)C)cc1Br. The van der Waals surface area contributed by atoms with E-state index in [2.05, 4.69) is 35.1 Å². The molecular formula is C24H31BrN2O4. The zero-order valence-electron chi connectivity index (χ0n) is 18.8. The van der Waals surface area contributed by atoms with Crippen LogP contribution in [0.1, 0.15) is 44.7 Å². The van der Waals surface area contributed by atoms with Gasteiger partial charge in [-0.3, -0.25) is 9.59 Å². The number of carbonyl (C=O) groups excluding carboxylic acids is 2. The van der Waals surface area contributed by atoms with Crippen LogP contribution in [0.2, 0.25) is 0 Å². The van der Waals surface area contributed by atoms with Gasteiger partial charge >= 0.3 is 0 Å². The number of carbonyl (C=O) groups is 2.